The zero-order valence-electron chi connectivity index (χ0n) is 12.2. The summed E-state index contributed by atoms with van der Waals surface area (Å²) in [6.45, 7) is 1.87. The lowest BCUT2D eigenvalue weighted by atomic mass is 10.1. The SMILES string of the molecule is CSc1c(N2CCC(N)CC2)sc(C(=O)N(C)C)c1N. The summed E-state index contributed by atoms with van der Waals surface area (Å²) >= 11 is 3.11. The van der Waals surface area contributed by atoms with Gasteiger partial charge in [0.05, 0.1) is 10.6 Å². The molecule has 1 saturated heterocycles. The Balaban J connectivity index is 2.33. The van der Waals surface area contributed by atoms with Gasteiger partial charge >= 0.3 is 0 Å². The number of piperidine rings is 1. The van der Waals surface area contributed by atoms with Gasteiger partial charge in [-0.1, -0.05) is 0 Å². The van der Waals surface area contributed by atoms with Crippen molar-refractivity contribution in [2.45, 2.75) is 23.8 Å². The second kappa shape index (κ2) is 6.24. The first-order valence-electron chi connectivity index (χ1n) is 6.64. The van der Waals surface area contributed by atoms with Gasteiger partial charge in [-0.15, -0.1) is 23.1 Å². The topological polar surface area (TPSA) is 75.6 Å². The normalized spacial score (nSPS) is 16.5. The Labute approximate surface area is 128 Å². The molecule has 112 valence electrons. The molecule has 1 amide bonds. The molecule has 0 aromatic carbocycles. The van der Waals surface area contributed by atoms with Gasteiger partial charge in [0.15, 0.2) is 0 Å². The molecular weight excluding hydrogens is 292 g/mol. The summed E-state index contributed by atoms with van der Waals surface area (Å²) in [5, 5.41) is 1.12. The molecule has 2 heterocycles. The highest BCUT2D eigenvalue weighted by Crippen LogP contribution is 2.44. The van der Waals surface area contributed by atoms with Crippen molar-refractivity contribution in [2.24, 2.45) is 5.73 Å². The lowest BCUT2D eigenvalue weighted by Gasteiger charge is -2.31. The first kappa shape index (κ1) is 15.5. The molecule has 0 bridgehead atoms. The van der Waals surface area contributed by atoms with Gasteiger partial charge in [0.25, 0.3) is 5.91 Å². The minimum absolute atomic E-state index is 0.0252. The number of thiophene rings is 1. The summed E-state index contributed by atoms with van der Waals surface area (Å²) in [5.74, 6) is -0.0252. The van der Waals surface area contributed by atoms with Crippen molar-refractivity contribution < 1.29 is 4.79 Å². The van der Waals surface area contributed by atoms with E-state index in [4.69, 9.17) is 11.5 Å². The Hall–Kier alpha value is -0.920. The summed E-state index contributed by atoms with van der Waals surface area (Å²) in [7, 11) is 3.50. The van der Waals surface area contributed by atoms with E-state index in [0.29, 0.717) is 16.6 Å². The summed E-state index contributed by atoms with van der Waals surface area (Å²) in [6.07, 6.45) is 3.98. The molecule has 2 rings (SSSR count). The van der Waals surface area contributed by atoms with Crippen molar-refractivity contribution in [3.05, 3.63) is 4.88 Å². The maximum atomic E-state index is 12.2. The van der Waals surface area contributed by atoms with Crippen molar-refractivity contribution in [1.29, 1.82) is 0 Å². The number of nitrogens with zero attached hydrogens (tertiary/aromatic N) is 2. The molecule has 0 atom stereocenters. The molecule has 1 aliphatic heterocycles. The Morgan fingerprint density at radius 2 is 2.00 bits per heavy atom. The van der Waals surface area contributed by atoms with Gasteiger partial charge in [-0.05, 0) is 19.1 Å². The molecule has 5 nitrogen and oxygen atoms in total. The van der Waals surface area contributed by atoms with Crippen LogP contribution in [0.25, 0.3) is 0 Å². The van der Waals surface area contributed by atoms with Crippen LogP contribution in [0.2, 0.25) is 0 Å². The van der Waals surface area contributed by atoms with Crippen molar-refractivity contribution in [1.82, 2.24) is 4.90 Å². The molecule has 0 saturated carbocycles. The fourth-order valence-electron chi connectivity index (χ4n) is 2.29. The number of hydrogen-bond acceptors (Lipinski definition) is 6. The van der Waals surface area contributed by atoms with Crippen molar-refractivity contribution >= 4 is 39.7 Å². The number of thioether (sulfide) groups is 1. The Morgan fingerprint density at radius 1 is 1.40 bits per heavy atom. The molecule has 0 radical (unpaired) electrons. The predicted molar refractivity (Wildman–Crippen MR) is 88.0 cm³/mol. The molecule has 7 heteroatoms. The van der Waals surface area contributed by atoms with E-state index in [0.717, 1.165) is 35.8 Å². The van der Waals surface area contributed by atoms with E-state index in [1.54, 1.807) is 30.8 Å². The molecule has 1 fully saturated rings. The fraction of sp³-hybridized carbons (Fsp3) is 0.615. The van der Waals surface area contributed by atoms with Gasteiger partial charge in [-0.2, -0.15) is 0 Å². The summed E-state index contributed by atoms with van der Waals surface area (Å²) in [4.78, 5) is 17.7. The molecule has 0 aliphatic carbocycles. The number of carbonyl (C=O) groups is 1. The fourth-order valence-corrected chi connectivity index (χ4v) is 4.54. The van der Waals surface area contributed by atoms with E-state index < -0.39 is 0 Å². The number of hydrogen-bond donors (Lipinski definition) is 2. The van der Waals surface area contributed by atoms with Gasteiger partial charge in [-0.25, -0.2) is 0 Å². The molecule has 0 spiro atoms. The molecule has 1 aromatic rings. The van der Waals surface area contributed by atoms with Crippen LogP contribution < -0.4 is 16.4 Å². The Bertz CT molecular complexity index is 493. The van der Waals surface area contributed by atoms with Crippen LogP contribution >= 0.6 is 23.1 Å². The average Bonchev–Trinajstić information content (AvgIpc) is 2.75. The average molecular weight is 314 g/mol. The van der Waals surface area contributed by atoms with Crippen LogP contribution in [0.1, 0.15) is 22.5 Å². The predicted octanol–water partition coefficient (Wildman–Crippen LogP) is 1.68. The number of nitrogen functional groups attached to an aromatic ring is 1. The van der Waals surface area contributed by atoms with Crippen molar-refractivity contribution in [2.75, 3.05) is 44.1 Å². The van der Waals surface area contributed by atoms with Crippen molar-refractivity contribution in [3.8, 4) is 0 Å². The van der Waals surface area contributed by atoms with Crippen LogP contribution in [0.3, 0.4) is 0 Å². The van der Waals surface area contributed by atoms with Gasteiger partial charge in [0.1, 0.15) is 9.88 Å². The molecular formula is C13H22N4OS2. The van der Waals surface area contributed by atoms with Gasteiger partial charge in [-0.3, -0.25) is 4.79 Å². The quantitative estimate of drug-likeness (QED) is 0.830. The number of carbonyl (C=O) groups excluding carboxylic acids is 1. The summed E-state index contributed by atoms with van der Waals surface area (Å²) in [5.41, 5.74) is 12.7. The van der Waals surface area contributed by atoms with E-state index >= 15 is 0 Å². The highest BCUT2D eigenvalue weighted by Gasteiger charge is 2.26. The van der Waals surface area contributed by atoms with E-state index in [-0.39, 0.29) is 5.91 Å². The summed E-state index contributed by atoms with van der Waals surface area (Å²) in [6, 6.07) is 0.296. The zero-order valence-corrected chi connectivity index (χ0v) is 13.8. The van der Waals surface area contributed by atoms with Crippen LogP contribution in [0.4, 0.5) is 10.7 Å². The maximum Gasteiger partial charge on any atom is 0.265 e. The Kier molecular flexibility index (Phi) is 4.82. The number of nitrogens with two attached hydrogens (primary N) is 2. The molecule has 1 aromatic heterocycles. The largest absolute Gasteiger partial charge is 0.396 e. The van der Waals surface area contributed by atoms with E-state index in [2.05, 4.69) is 4.90 Å². The Morgan fingerprint density at radius 3 is 2.50 bits per heavy atom. The third-order valence-electron chi connectivity index (χ3n) is 3.51. The number of rotatable bonds is 3. The molecule has 1 aliphatic rings. The van der Waals surface area contributed by atoms with Crippen LogP contribution in [0.5, 0.6) is 0 Å². The van der Waals surface area contributed by atoms with Gasteiger partial charge in [0, 0.05) is 33.2 Å². The minimum atomic E-state index is -0.0252. The molecule has 20 heavy (non-hydrogen) atoms. The van der Waals surface area contributed by atoms with Crippen LogP contribution in [0, 0.1) is 0 Å². The first-order chi connectivity index (χ1) is 9.45. The second-order valence-electron chi connectivity index (χ2n) is 5.21. The number of anilines is 2. The van der Waals surface area contributed by atoms with Gasteiger partial charge < -0.3 is 21.3 Å². The molecule has 0 unspecified atom stereocenters. The maximum absolute atomic E-state index is 12.2. The summed E-state index contributed by atoms with van der Waals surface area (Å²) < 4.78 is 0. The number of amides is 1. The van der Waals surface area contributed by atoms with Crippen LogP contribution in [-0.2, 0) is 0 Å². The highest BCUT2D eigenvalue weighted by molar-refractivity contribution is 7.99. The monoisotopic (exact) mass is 314 g/mol. The highest BCUT2D eigenvalue weighted by atomic mass is 32.2. The van der Waals surface area contributed by atoms with Gasteiger partial charge in [0.2, 0.25) is 0 Å². The second-order valence-corrected chi connectivity index (χ2v) is 7.02. The van der Waals surface area contributed by atoms with E-state index in [9.17, 15) is 4.79 Å². The third-order valence-corrected chi connectivity index (χ3v) is 5.72. The lowest BCUT2D eigenvalue weighted by molar-refractivity contribution is 0.0833. The van der Waals surface area contributed by atoms with Crippen LogP contribution in [0.15, 0.2) is 4.90 Å². The smallest absolute Gasteiger partial charge is 0.265 e. The van der Waals surface area contributed by atoms with Crippen LogP contribution in [-0.4, -0.2) is 50.3 Å². The van der Waals surface area contributed by atoms with E-state index in [1.165, 1.54) is 11.3 Å². The lowest BCUT2D eigenvalue weighted by Crippen LogP contribution is -2.39. The third kappa shape index (κ3) is 2.89. The van der Waals surface area contributed by atoms with Crippen molar-refractivity contribution in [3.63, 3.8) is 0 Å². The minimum Gasteiger partial charge on any atom is -0.396 e. The molecule has 4 N–H and O–H groups in total. The van der Waals surface area contributed by atoms with E-state index in [1.807, 2.05) is 6.26 Å². The standard InChI is InChI=1S/C13H22N4OS2/c1-16(2)12(18)10-9(15)11(19-3)13(20-10)17-6-4-8(14)5-7-17/h8H,4-7,14-15H2,1-3H3. The zero-order chi connectivity index (χ0) is 14.9. The first-order valence-corrected chi connectivity index (χ1v) is 8.68.